The highest BCUT2D eigenvalue weighted by molar-refractivity contribution is 5.88. The fourth-order valence-electron chi connectivity index (χ4n) is 5.06. The molecule has 0 aromatic heterocycles. The molecule has 1 aliphatic carbocycles. The zero-order chi connectivity index (χ0) is 26.6. The average Bonchev–Trinajstić information content (AvgIpc) is 2.95. The van der Waals surface area contributed by atoms with E-state index in [2.05, 4.69) is 24.4 Å². The molecule has 5 nitrogen and oxygen atoms in total. The van der Waals surface area contributed by atoms with Crippen LogP contribution in [0.15, 0.2) is 84.9 Å². The minimum Gasteiger partial charge on any atom is -0.494 e. The standard InChI is InChI=1S/C33H40N2O3/c1-26-19-21-28(22-20-26)25-35(32(36)18-11-23-38-30-16-9-4-10-17-30)31(24-27-12-5-2-6-13-27)33(37)34-29-14-7-3-8-15-29/h2,4-6,9-10,12-13,16-17,19-22,29,31H,3,7-8,11,14-15,18,23-25H2,1H3,(H,34,37). The molecule has 2 amide bonds. The number of benzene rings is 3. The van der Waals surface area contributed by atoms with E-state index >= 15 is 0 Å². The Morgan fingerprint density at radius 3 is 2.21 bits per heavy atom. The third-order valence-electron chi connectivity index (χ3n) is 7.24. The molecule has 38 heavy (non-hydrogen) atoms. The number of rotatable bonds is 12. The molecule has 1 atom stereocenters. The van der Waals surface area contributed by atoms with Crippen LogP contribution < -0.4 is 10.1 Å². The third kappa shape index (κ3) is 8.47. The summed E-state index contributed by atoms with van der Waals surface area (Å²) in [6.07, 6.45) is 6.91. The number of hydrogen-bond donors (Lipinski definition) is 1. The number of carbonyl (C=O) groups excluding carboxylic acids is 2. The van der Waals surface area contributed by atoms with Gasteiger partial charge in [0.15, 0.2) is 0 Å². The van der Waals surface area contributed by atoms with Crippen LogP contribution in [0.1, 0.15) is 61.6 Å². The Labute approximate surface area is 227 Å². The fourth-order valence-corrected chi connectivity index (χ4v) is 5.06. The Balaban J connectivity index is 1.52. The van der Waals surface area contributed by atoms with Gasteiger partial charge in [0.2, 0.25) is 11.8 Å². The highest BCUT2D eigenvalue weighted by atomic mass is 16.5. The van der Waals surface area contributed by atoms with Gasteiger partial charge in [0.25, 0.3) is 0 Å². The molecule has 0 saturated heterocycles. The molecule has 5 heteroatoms. The zero-order valence-corrected chi connectivity index (χ0v) is 22.5. The highest BCUT2D eigenvalue weighted by Gasteiger charge is 2.31. The van der Waals surface area contributed by atoms with Gasteiger partial charge in [0.1, 0.15) is 11.8 Å². The lowest BCUT2D eigenvalue weighted by Gasteiger charge is -2.33. The number of para-hydroxylation sites is 1. The Morgan fingerprint density at radius 1 is 0.868 bits per heavy atom. The molecule has 0 heterocycles. The molecule has 200 valence electrons. The van der Waals surface area contributed by atoms with Crippen LogP contribution >= 0.6 is 0 Å². The van der Waals surface area contributed by atoms with Crippen LogP contribution in [0.25, 0.3) is 0 Å². The number of ether oxygens (including phenoxy) is 1. The number of aryl methyl sites for hydroxylation is 1. The lowest BCUT2D eigenvalue weighted by Crippen LogP contribution is -2.52. The minimum absolute atomic E-state index is 0.0260. The first kappa shape index (κ1) is 27.4. The van der Waals surface area contributed by atoms with Gasteiger partial charge in [-0.2, -0.15) is 0 Å². The average molecular weight is 513 g/mol. The molecule has 3 aromatic carbocycles. The summed E-state index contributed by atoms with van der Waals surface area (Å²) in [4.78, 5) is 29.3. The molecule has 1 saturated carbocycles. The van der Waals surface area contributed by atoms with Crippen LogP contribution in [0.5, 0.6) is 5.75 Å². The van der Waals surface area contributed by atoms with E-state index in [1.165, 1.54) is 12.0 Å². The van der Waals surface area contributed by atoms with Crippen molar-refractivity contribution in [3.63, 3.8) is 0 Å². The van der Waals surface area contributed by atoms with Crippen molar-refractivity contribution in [2.45, 2.75) is 76.9 Å². The molecular formula is C33H40N2O3. The SMILES string of the molecule is Cc1ccc(CN(C(=O)CCCOc2ccccc2)C(Cc2ccccc2)C(=O)NC2CCCCC2)cc1. The predicted molar refractivity (Wildman–Crippen MR) is 152 cm³/mol. The smallest absolute Gasteiger partial charge is 0.243 e. The van der Waals surface area contributed by atoms with Crippen molar-refractivity contribution in [3.8, 4) is 5.75 Å². The van der Waals surface area contributed by atoms with Crippen molar-refractivity contribution in [3.05, 3.63) is 102 Å². The Bertz CT molecular complexity index is 1130. The fraction of sp³-hybridized carbons (Fsp3) is 0.394. The van der Waals surface area contributed by atoms with Crippen LogP contribution in [0.3, 0.4) is 0 Å². The van der Waals surface area contributed by atoms with Crippen LogP contribution in [0.4, 0.5) is 0 Å². The molecule has 0 aliphatic heterocycles. The van der Waals surface area contributed by atoms with E-state index in [9.17, 15) is 9.59 Å². The highest BCUT2D eigenvalue weighted by Crippen LogP contribution is 2.21. The van der Waals surface area contributed by atoms with Gasteiger partial charge in [-0.05, 0) is 49.4 Å². The summed E-state index contributed by atoms with van der Waals surface area (Å²) >= 11 is 0. The Morgan fingerprint density at radius 2 is 1.53 bits per heavy atom. The van der Waals surface area contributed by atoms with Crippen LogP contribution in [-0.2, 0) is 22.6 Å². The normalized spacial score (nSPS) is 14.4. The van der Waals surface area contributed by atoms with Gasteiger partial charge < -0.3 is 15.0 Å². The summed E-state index contributed by atoms with van der Waals surface area (Å²) in [5.74, 6) is 0.717. The molecule has 1 aliphatic rings. The van der Waals surface area contributed by atoms with Gasteiger partial charge in [0.05, 0.1) is 6.61 Å². The van der Waals surface area contributed by atoms with Gasteiger partial charge in [-0.25, -0.2) is 0 Å². The Kier molecular flexibility index (Phi) is 10.4. The molecule has 4 rings (SSSR count). The summed E-state index contributed by atoms with van der Waals surface area (Å²) in [6, 6.07) is 27.5. The summed E-state index contributed by atoms with van der Waals surface area (Å²) in [5, 5.41) is 3.30. The van der Waals surface area contributed by atoms with E-state index in [0.29, 0.717) is 32.4 Å². The number of amides is 2. The van der Waals surface area contributed by atoms with Crippen LogP contribution in [0.2, 0.25) is 0 Å². The molecule has 1 N–H and O–H groups in total. The number of nitrogens with one attached hydrogen (secondary N) is 1. The van der Waals surface area contributed by atoms with E-state index in [0.717, 1.165) is 42.6 Å². The maximum Gasteiger partial charge on any atom is 0.243 e. The van der Waals surface area contributed by atoms with Gasteiger partial charge in [-0.3, -0.25) is 9.59 Å². The van der Waals surface area contributed by atoms with Crippen molar-refractivity contribution in [2.24, 2.45) is 0 Å². The second-order valence-corrected chi connectivity index (χ2v) is 10.3. The Hall–Kier alpha value is -3.60. The molecule has 1 unspecified atom stereocenters. The molecule has 1 fully saturated rings. The first-order valence-corrected chi connectivity index (χ1v) is 14.0. The number of hydrogen-bond acceptors (Lipinski definition) is 3. The van der Waals surface area contributed by atoms with Gasteiger partial charge in [-0.1, -0.05) is 97.6 Å². The summed E-state index contributed by atoms with van der Waals surface area (Å²) in [6.45, 7) is 2.90. The minimum atomic E-state index is -0.580. The van der Waals surface area contributed by atoms with E-state index < -0.39 is 6.04 Å². The number of carbonyl (C=O) groups is 2. The summed E-state index contributed by atoms with van der Waals surface area (Å²) < 4.78 is 5.82. The molecular weight excluding hydrogens is 472 g/mol. The topological polar surface area (TPSA) is 58.6 Å². The lowest BCUT2D eigenvalue weighted by molar-refractivity contribution is -0.141. The maximum atomic E-state index is 13.8. The quantitative estimate of drug-likeness (QED) is 0.292. The summed E-state index contributed by atoms with van der Waals surface area (Å²) in [7, 11) is 0. The number of nitrogens with zero attached hydrogens (tertiary/aromatic N) is 1. The third-order valence-corrected chi connectivity index (χ3v) is 7.24. The van der Waals surface area contributed by atoms with E-state index in [1.807, 2.05) is 72.8 Å². The van der Waals surface area contributed by atoms with Crippen molar-refractivity contribution < 1.29 is 14.3 Å². The maximum absolute atomic E-state index is 13.8. The van der Waals surface area contributed by atoms with E-state index in [1.54, 1.807) is 4.90 Å². The predicted octanol–water partition coefficient (Wildman–Crippen LogP) is 6.24. The van der Waals surface area contributed by atoms with Crippen LogP contribution in [0, 0.1) is 6.92 Å². The first-order valence-electron chi connectivity index (χ1n) is 14.0. The molecule has 0 bridgehead atoms. The van der Waals surface area contributed by atoms with Crippen LogP contribution in [-0.4, -0.2) is 35.4 Å². The van der Waals surface area contributed by atoms with E-state index in [4.69, 9.17) is 4.74 Å². The second kappa shape index (κ2) is 14.4. The first-order chi connectivity index (χ1) is 18.6. The molecule has 0 spiro atoms. The van der Waals surface area contributed by atoms with Gasteiger partial charge in [-0.15, -0.1) is 0 Å². The molecule has 0 radical (unpaired) electrons. The molecule has 3 aromatic rings. The van der Waals surface area contributed by atoms with Gasteiger partial charge in [0, 0.05) is 25.4 Å². The van der Waals surface area contributed by atoms with Crippen molar-refractivity contribution in [2.75, 3.05) is 6.61 Å². The zero-order valence-electron chi connectivity index (χ0n) is 22.5. The second-order valence-electron chi connectivity index (χ2n) is 10.3. The van der Waals surface area contributed by atoms with Crippen molar-refractivity contribution >= 4 is 11.8 Å². The monoisotopic (exact) mass is 512 g/mol. The van der Waals surface area contributed by atoms with E-state index in [-0.39, 0.29) is 17.9 Å². The van der Waals surface area contributed by atoms with Crippen molar-refractivity contribution in [1.29, 1.82) is 0 Å². The van der Waals surface area contributed by atoms with Gasteiger partial charge >= 0.3 is 0 Å². The lowest BCUT2D eigenvalue weighted by atomic mass is 9.94. The summed E-state index contributed by atoms with van der Waals surface area (Å²) in [5.41, 5.74) is 3.24. The van der Waals surface area contributed by atoms with Crippen molar-refractivity contribution in [1.82, 2.24) is 10.2 Å². The largest absolute Gasteiger partial charge is 0.494 e.